The molecule has 0 spiro atoms. The smallest absolute Gasteiger partial charge is 0.187 e. The molecular formula is C10H8N2O. The molecule has 2 aromatic rings. The first-order chi connectivity index (χ1) is 6.33. The highest BCUT2D eigenvalue weighted by Gasteiger charge is 2.07. The minimum Gasteiger partial charge on any atom is -0.360 e. The summed E-state index contributed by atoms with van der Waals surface area (Å²) < 4.78 is 0. The van der Waals surface area contributed by atoms with Gasteiger partial charge in [0.25, 0.3) is 0 Å². The van der Waals surface area contributed by atoms with E-state index in [2.05, 4.69) is 16.5 Å². The zero-order valence-electron chi connectivity index (χ0n) is 6.95. The Morgan fingerprint density at radius 2 is 2.46 bits per heavy atom. The van der Waals surface area contributed by atoms with Crippen molar-refractivity contribution in [2.24, 2.45) is 0 Å². The molecule has 13 heavy (non-hydrogen) atoms. The van der Waals surface area contributed by atoms with Crippen LogP contribution in [0.4, 0.5) is 0 Å². The molecule has 64 valence electrons. The summed E-state index contributed by atoms with van der Waals surface area (Å²) in [5.74, 6) is -0.0840. The largest absolute Gasteiger partial charge is 0.360 e. The average molecular weight is 172 g/mol. The highest BCUT2D eigenvalue weighted by atomic mass is 16.1. The maximum absolute atomic E-state index is 11.3. The van der Waals surface area contributed by atoms with E-state index in [9.17, 15) is 4.79 Å². The monoisotopic (exact) mass is 172 g/mol. The molecular weight excluding hydrogens is 164 g/mol. The van der Waals surface area contributed by atoms with Gasteiger partial charge in [-0.05, 0) is 12.1 Å². The molecule has 1 N–H and O–H groups in total. The predicted octanol–water partition coefficient (Wildman–Crippen LogP) is 1.93. The zero-order chi connectivity index (χ0) is 9.26. The van der Waals surface area contributed by atoms with Crippen molar-refractivity contribution in [3.8, 4) is 0 Å². The Labute approximate surface area is 75.1 Å². The van der Waals surface area contributed by atoms with Gasteiger partial charge in [-0.25, -0.2) is 0 Å². The van der Waals surface area contributed by atoms with Crippen molar-refractivity contribution in [3.05, 3.63) is 42.9 Å². The predicted molar refractivity (Wildman–Crippen MR) is 50.6 cm³/mol. The number of hydrogen-bond acceptors (Lipinski definition) is 2. The van der Waals surface area contributed by atoms with E-state index in [1.807, 2.05) is 6.07 Å². The van der Waals surface area contributed by atoms with Gasteiger partial charge >= 0.3 is 0 Å². The summed E-state index contributed by atoms with van der Waals surface area (Å²) in [4.78, 5) is 18.3. The lowest BCUT2D eigenvalue weighted by molar-refractivity contribution is 0.104. The lowest BCUT2D eigenvalue weighted by Gasteiger charge is -1.90. The Bertz CT molecular complexity index is 470. The SMILES string of the molecule is C=CC(=O)c1c[nH]c2ccncc12. The third-order valence-electron chi connectivity index (χ3n) is 1.93. The van der Waals surface area contributed by atoms with Gasteiger partial charge in [0.15, 0.2) is 5.78 Å². The van der Waals surface area contributed by atoms with Crippen LogP contribution in [0.25, 0.3) is 10.9 Å². The van der Waals surface area contributed by atoms with Crippen molar-refractivity contribution >= 4 is 16.7 Å². The zero-order valence-corrected chi connectivity index (χ0v) is 6.95. The summed E-state index contributed by atoms with van der Waals surface area (Å²) in [5.41, 5.74) is 1.54. The first kappa shape index (κ1) is 7.73. The minimum absolute atomic E-state index is 0.0840. The molecule has 0 aliphatic heterocycles. The van der Waals surface area contributed by atoms with Gasteiger partial charge in [0, 0.05) is 35.1 Å². The normalized spacial score (nSPS) is 10.2. The van der Waals surface area contributed by atoms with E-state index in [-0.39, 0.29) is 5.78 Å². The molecule has 2 heterocycles. The molecule has 0 aliphatic carbocycles. The number of H-pyrrole nitrogens is 1. The average Bonchev–Trinajstić information content (AvgIpc) is 2.60. The quantitative estimate of drug-likeness (QED) is 0.555. The van der Waals surface area contributed by atoms with Crippen molar-refractivity contribution in [1.29, 1.82) is 0 Å². The van der Waals surface area contributed by atoms with E-state index < -0.39 is 0 Å². The standard InChI is InChI=1S/C10H8N2O/c1-2-10(13)8-6-12-9-3-4-11-5-7(8)9/h2-6,12H,1H2. The van der Waals surface area contributed by atoms with Gasteiger partial charge in [-0.15, -0.1) is 0 Å². The molecule has 0 aromatic carbocycles. The van der Waals surface area contributed by atoms with Crippen molar-refractivity contribution in [2.75, 3.05) is 0 Å². The molecule has 0 radical (unpaired) electrons. The van der Waals surface area contributed by atoms with Gasteiger partial charge in [-0.3, -0.25) is 9.78 Å². The van der Waals surface area contributed by atoms with E-state index in [4.69, 9.17) is 0 Å². The van der Waals surface area contributed by atoms with Crippen molar-refractivity contribution < 1.29 is 4.79 Å². The number of carbonyl (C=O) groups is 1. The number of pyridine rings is 1. The molecule has 0 bridgehead atoms. The van der Waals surface area contributed by atoms with Crippen LogP contribution in [0.5, 0.6) is 0 Å². The molecule has 2 aromatic heterocycles. The molecule has 2 rings (SSSR count). The van der Waals surface area contributed by atoms with Gasteiger partial charge in [-0.1, -0.05) is 6.58 Å². The summed E-state index contributed by atoms with van der Waals surface area (Å²) in [5, 5.41) is 0.840. The Morgan fingerprint density at radius 3 is 3.23 bits per heavy atom. The van der Waals surface area contributed by atoms with Crippen LogP contribution >= 0.6 is 0 Å². The number of rotatable bonds is 2. The molecule has 3 heteroatoms. The number of carbonyl (C=O) groups excluding carboxylic acids is 1. The Kier molecular flexibility index (Phi) is 1.70. The molecule has 3 nitrogen and oxygen atoms in total. The number of aromatic nitrogens is 2. The van der Waals surface area contributed by atoms with Crippen LogP contribution in [0.15, 0.2) is 37.3 Å². The fourth-order valence-electron chi connectivity index (χ4n) is 1.28. The topological polar surface area (TPSA) is 45.8 Å². The number of allylic oxidation sites excluding steroid dienone is 1. The highest BCUT2D eigenvalue weighted by molar-refractivity contribution is 6.12. The maximum atomic E-state index is 11.3. The maximum Gasteiger partial charge on any atom is 0.187 e. The molecule has 0 atom stereocenters. The lowest BCUT2D eigenvalue weighted by Crippen LogP contribution is -1.90. The van der Waals surface area contributed by atoms with Gasteiger partial charge in [0.1, 0.15) is 0 Å². The lowest BCUT2D eigenvalue weighted by atomic mass is 10.1. The highest BCUT2D eigenvalue weighted by Crippen LogP contribution is 2.16. The Morgan fingerprint density at radius 1 is 1.62 bits per heavy atom. The first-order valence-electron chi connectivity index (χ1n) is 3.91. The number of nitrogens with one attached hydrogen (secondary N) is 1. The number of ketones is 1. The van der Waals surface area contributed by atoms with E-state index in [0.717, 1.165) is 10.9 Å². The molecule has 0 fully saturated rings. The molecule has 0 amide bonds. The van der Waals surface area contributed by atoms with Crippen molar-refractivity contribution in [1.82, 2.24) is 9.97 Å². The number of hydrogen-bond donors (Lipinski definition) is 1. The van der Waals surface area contributed by atoms with E-state index >= 15 is 0 Å². The van der Waals surface area contributed by atoms with Gasteiger partial charge in [0.05, 0.1) is 0 Å². The summed E-state index contributed by atoms with van der Waals surface area (Å²) in [7, 11) is 0. The molecule has 0 saturated heterocycles. The van der Waals surface area contributed by atoms with E-state index in [0.29, 0.717) is 5.56 Å². The minimum atomic E-state index is -0.0840. The van der Waals surface area contributed by atoms with Crippen molar-refractivity contribution in [3.63, 3.8) is 0 Å². The summed E-state index contributed by atoms with van der Waals surface area (Å²) >= 11 is 0. The molecule has 0 unspecified atom stereocenters. The summed E-state index contributed by atoms with van der Waals surface area (Å²) in [6.45, 7) is 3.44. The van der Waals surface area contributed by atoms with Crippen LogP contribution in [-0.2, 0) is 0 Å². The number of aromatic amines is 1. The van der Waals surface area contributed by atoms with E-state index in [1.54, 1.807) is 18.6 Å². The summed E-state index contributed by atoms with van der Waals surface area (Å²) in [6.07, 6.45) is 6.33. The second-order valence-corrected chi connectivity index (χ2v) is 2.69. The van der Waals surface area contributed by atoms with Crippen LogP contribution < -0.4 is 0 Å². The number of fused-ring (bicyclic) bond motifs is 1. The van der Waals surface area contributed by atoms with Crippen molar-refractivity contribution in [2.45, 2.75) is 0 Å². The van der Waals surface area contributed by atoms with Crippen LogP contribution in [-0.4, -0.2) is 15.8 Å². The third kappa shape index (κ3) is 1.14. The fraction of sp³-hybridized carbons (Fsp3) is 0. The van der Waals surface area contributed by atoms with Crippen LogP contribution in [0.3, 0.4) is 0 Å². The Hall–Kier alpha value is -1.90. The van der Waals surface area contributed by atoms with Crippen LogP contribution in [0.2, 0.25) is 0 Å². The second-order valence-electron chi connectivity index (χ2n) is 2.69. The van der Waals surface area contributed by atoms with E-state index in [1.165, 1.54) is 6.08 Å². The fourth-order valence-corrected chi connectivity index (χ4v) is 1.28. The third-order valence-corrected chi connectivity index (χ3v) is 1.93. The molecule has 0 saturated carbocycles. The van der Waals surface area contributed by atoms with Gasteiger partial charge < -0.3 is 4.98 Å². The van der Waals surface area contributed by atoms with Gasteiger partial charge in [0.2, 0.25) is 0 Å². The van der Waals surface area contributed by atoms with Crippen LogP contribution in [0.1, 0.15) is 10.4 Å². The number of nitrogens with zero attached hydrogens (tertiary/aromatic N) is 1. The van der Waals surface area contributed by atoms with Gasteiger partial charge in [-0.2, -0.15) is 0 Å². The Balaban J connectivity index is 2.71. The summed E-state index contributed by atoms with van der Waals surface area (Å²) in [6, 6.07) is 1.83. The van der Waals surface area contributed by atoms with Crippen LogP contribution in [0, 0.1) is 0 Å². The first-order valence-corrected chi connectivity index (χ1v) is 3.91. The second kappa shape index (κ2) is 2.86. The molecule has 0 aliphatic rings.